The molecule has 1 aromatic carbocycles. The summed E-state index contributed by atoms with van der Waals surface area (Å²) in [5.74, 6) is 0. The summed E-state index contributed by atoms with van der Waals surface area (Å²) in [5.41, 5.74) is 2.87. The first-order valence-corrected chi connectivity index (χ1v) is 6.46. The van der Waals surface area contributed by atoms with E-state index < -0.39 is 0 Å². The summed E-state index contributed by atoms with van der Waals surface area (Å²) in [7, 11) is 0. The number of rotatable bonds is 5. The molecule has 1 unspecified atom stereocenters. The third-order valence-electron chi connectivity index (χ3n) is 3.18. The van der Waals surface area contributed by atoms with Crippen molar-refractivity contribution in [1.82, 2.24) is 10.3 Å². The van der Waals surface area contributed by atoms with Crippen LogP contribution in [0.25, 0.3) is 0 Å². The van der Waals surface area contributed by atoms with Crippen LogP contribution in [0, 0.1) is 17.0 Å². The van der Waals surface area contributed by atoms with Crippen molar-refractivity contribution < 1.29 is 4.92 Å². The fourth-order valence-electron chi connectivity index (χ4n) is 2.00. The van der Waals surface area contributed by atoms with Gasteiger partial charge in [-0.25, -0.2) is 0 Å². The molecule has 0 aliphatic heterocycles. The van der Waals surface area contributed by atoms with Gasteiger partial charge in [-0.3, -0.25) is 15.1 Å². The van der Waals surface area contributed by atoms with E-state index in [1.54, 1.807) is 12.1 Å². The van der Waals surface area contributed by atoms with Crippen LogP contribution in [0.15, 0.2) is 42.6 Å². The van der Waals surface area contributed by atoms with Crippen molar-refractivity contribution in [1.29, 1.82) is 0 Å². The molecule has 2 aromatic rings. The molecule has 2 rings (SSSR count). The molecule has 104 valence electrons. The van der Waals surface area contributed by atoms with E-state index in [-0.39, 0.29) is 16.7 Å². The van der Waals surface area contributed by atoms with Crippen molar-refractivity contribution in [2.75, 3.05) is 0 Å². The van der Waals surface area contributed by atoms with Gasteiger partial charge >= 0.3 is 0 Å². The van der Waals surface area contributed by atoms with E-state index in [1.807, 2.05) is 38.2 Å². The minimum Gasteiger partial charge on any atom is -0.306 e. The number of pyridine rings is 1. The Labute approximate surface area is 117 Å². The Morgan fingerprint density at radius 2 is 2.05 bits per heavy atom. The van der Waals surface area contributed by atoms with Crippen LogP contribution in [-0.4, -0.2) is 9.91 Å². The zero-order valence-corrected chi connectivity index (χ0v) is 11.5. The number of hydrogen-bond acceptors (Lipinski definition) is 4. The Morgan fingerprint density at radius 1 is 1.30 bits per heavy atom. The predicted molar refractivity (Wildman–Crippen MR) is 77.3 cm³/mol. The lowest BCUT2D eigenvalue weighted by Gasteiger charge is -2.14. The maximum atomic E-state index is 11.0. The molecule has 0 bridgehead atoms. The first kappa shape index (κ1) is 14.1. The highest BCUT2D eigenvalue weighted by molar-refractivity contribution is 5.41. The van der Waals surface area contributed by atoms with Crippen molar-refractivity contribution in [3.05, 3.63) is 69.5 Å². The number of aromatic nitrogens is 1. The van der Waals surface area contributed by atoms with Crippen LogP contribution in [0.4, 0.5) is 5.69 Å². The van der Waals surface area contributed by atoms with Crippen LogP contribution in [0.3, 0.4) is 0 Å². The number of benzene rings is 1. The lowest BCUT2D eigenvalue weighted by molar-refractivity contribution is -0.385. The van der Waals surface area contributed by atoms with Gasteiger partial charge in [-0.1, -0.05) is 24.3 Å². The lowest BCUT2D eigenvalue weighted by atomic mass is 10.1. The third kappa shape index (κ3) is 3.39. The standard InChI is InChI=1S/C15H17N3O2/c1-11-7-8-13(9-16-11)10-17-12(2)14-5-3-4-6-15(14)18(19)20/h3-9,12,17H,10H2,1-2H3. The Kier molecular flexibility index (Phi) is 4.42. The fourth-order valence-corrected chi connectivity index (χ4v) is 2.00. The van der Waals surface area contributed by atoms with E-state index in [2.05, 4.69) is 10.3 Å². The Morgan fingerprint density at radius 3 is 2.70 bits per heavy atom. The molecule has 20 heavy (non-hydrogen) atoms. The average Bonchev–Trinajstić information content (AvgIpc) is 2.46. The van der Waals surface area contributed by atoms with Crippen LogP contribution < -0.4 is 5.32 Å². The summed E-state index contributed by atoms with van der Waals surface area (Å²) >= 11 is 0. The van der Waals surface area contributed by atoms with E-state index in [4.69, 9.17) is 0 Å². The van der Waals surface area contributed by atoms with Crippen LogP contribution in [-0.2, 0) is 6.54 Å². The molecule has 0 spiro atoms. The number of nitrogens with zero attached hydrogens (tertiary/aromatic N) is 2. The summed E-state index contributed by atoms with van der Waals surface area (Å²) in [5, 5.41) is 14.3. The van der Waals surface area contributed by atoms with Crippen LogP contribution in [0.1, 0.15) is 29.8 Å². The highest BCUT2D eigenvalue weighted by atomic mass is 16.6. The molecule has 0 radical (unpaired) electrons. The number of aryl methyl sites for hydroxylation is 1. The molecule has 0 amide bonds. The van der Waals surface area contributed by atoms with Crippen molar-refractivity contribution in [2.24, 2.45) is 0 Å². The number of hydrogen-bond donors (Lipinski definition) is 1. The summed E-state index contributed by atoms with van der Waals surface area (Å²) in [6.07, 6.45) is 1.81. The Balaban J connectivity index is 2.07. The van der Waals surface area contributed by atoms with Crippen molar-refractivity contribution in [3.8, 4) is 0 Å². The van der Waals surface area contributed by atoms with Gasteiger partial charge in [0.15, 0.2) is 0 Å². The predicted octanol–water partition coefficient (Wildman–Crippen LogP) is 3.15. The third-order valence-corrected chi connectivity index (χ3v) is 3.18. The fraction of sp³-hybridized carbons (Fsp3) is 0.267. The summed E-state index contributed by atoms with van der Waals surface area (Å²) in [6.45, 7) is 4.48. The molecule has 1 N–H and O–H groups in total. The van der Waals surface area contributed by atoms with Gasteiger partial charge in [0.1, 0.15) is 0 Å². The van der Waals surface area contributed by atoms with Crippen molar-refractivity contribution in [2.45, 2.75) is 26.4 Å². The smallest absolute Gasteiger partial charge is 0.274 e. The number of para-hydroxylation sites is 1. The van der Waals surface area contributed by atoms with E-state index >= 15 is 0 Å². The van der Waals surface area contributed by atoms with Crippen LogP contribution in [0.2, 0.25) is 0 Å². The van der Waals surface area contributed by atoms with E-state index in [9.17, 15) is 10.1 Å². The molecule has 1 atom stereocenters. The minimum absolute atomic E-state index is 0.0992. The van der Waals surface area contributed by atoms with Crippen molar-refractivity contribution >= 4 is 5.69 Å². The molecular formula is C15H17N3O2. The molecule has 0 fully saturated rings. The van der Waals surface area contributed by atoms with Gasteiger partial charge in [0.25, 0.3) is 5.69 Å². The molecule has 0 saturated carbocycles. The van der Waals surface area contributed by atoms with Crippen molar-refractivity contribution in [3.63, 3.8) is 0 Å². The first-order valence-electron chi connectivity index (χ1n) is 6.46. The molecule has 5 nitrogen and oxygen atoms in total. The van der Waals surface area contributed by atoms with Gasteiger partial charge in [0.05, 0.1) is 4.92 Å². The minimum atomic E-state index is -0.346. The van der Waals surface area contributed by atoms with Gasteiger partial charge in [-0.05, 0) is 25.5 Å². The molecule has 0 saturated heterocycles. The van der Waals surface area contributed by atoms with Crippen LogP contribution >= 0.6 is 0 Å². The molecule has 1 aromatic heterocycles. The molecule has 1 heterocycles. The second-order valence-corrected chi connectivity index (χ2v) is 4.73. The second-order valence-electron chi connectivity index (χ2n) is 4.73. The Bertz CT molecular complexity index is 596. The average molecular weight is 271 g/mol. The van der Waals surface area contributed by atoms with Gasteiger partial charge in [0, 0.05) is 36.1 Å². The zero-order chi connectivity index (χ0) is 14.5. The van der Waals surface area contributed by atoms with Gasteiger partial charge in [-0.15, -0.1) is 0 Å². The highest BCUT2D eigenvalue weighted by Crippen LogP contribution is 2.24. The quantitative estimate of drug-likeness (QED) is 0.670. The van der Waals surface area contributed by atoms with E-state index in [1.165, 1.54) is 6.07 Å². The molecule has 0 aliphatic carbocycles. The maximum absolute atomic E-state index is 11.0. The highest BCUT2D eigenvalue weighted by Gasteiger charge is 2.17. The lowest BCUT2D eigenvalue weighted by Crippen LogP contribution is -2.19. The summed E-state index contributed by atoms with van der Waals surface area (Å²) < 4.78 is 0. The first-order chi connectivity index (χ1) is 9.58. The maximum Gasteiger partial charge on any atom is 0.274 e. The summed E-state index contributed by atoms with van der Waals surface area (Å²) in [6, 6.07) is 10.7. The van der Waals surface area contributed by atoms with Gasteiger partial charge in [0.2, 0.25) is 0 Å². The monoisotopic (exact) mass is 271 g/mol. The number of nitro groups is 1. The topological polar surface area (TPSA) is 68.1 Å². The second kappa shape index (κ2) is 6.25. The SMILES string of the molecule is Cc1ccc(CNC(C)c2ccccc2[N+](=O)[O-])cn1. The number of nitro benzene ring substituents is 1. The Hall–Kier alpha value is -2.27. The number of nitrogens with one attached hydrogen (secondary N) is 1. The normalized spacial score (nSPS) is 12.1. The summed E-state index contributed by atoms with van der Waals surface area (Å²) in [4.78, 5) is 14.9. The largest absolute Gasteiger partial charge is 0.306 e. The molecular weight excluding hydrogens is 254 g/mol. The molecule has 5 heteroatoms. The van der Waals surface area contributed by atoms with Gasteiger partial charge < -0.3 is 5.32 Å². The van der Waals surface area contributed by atoms with Crippen LogP contribution in [0.5, 0.6) is 0 Å². The molecule has 0 aliphatic rings. The van der Waals surface area contributed by atoms with E-state index in [0.717, 1.165) is 11.3 Å². The zero-order valence-electron chi connectivity index (χ0n) is 11.5. The van der Waals surface area contributed by atoms with E-state index in [0.29, 0.717) is 12.1 Å². The van der Waals surface area contributed by atoms with Gasteiger partial charge in [-0.2, -0.15) is 0 Å².